The van der Waals surface area contributed by atoms with Crippen molar-refractivity contribution in [3.05, 3.63) is 29.8 Å². The number of esters is 1. The van der Waals surface area contributed by atoms with Gasteiger partial charge in [0.25, 0.3) is 5.91 Å². The van der Waals surface area contributed by atoms with Gasteiger partial charge in [0.05, 0.1) is 5.92 Å². The highest BCUT2D eigenvalue weighted by molar-refractivity contribution is 6.01. The van der Waals surface area contributed by atoms with Crippen LogP contribution in [-0.4, -0.2) is 48.3 Å². The fourth-order valence-electron chi connectivity index (χ4n) is 3.71. The number of nitrogens with zero attached hydrogens (tertiary/aromatic N) is 2. The van der Waals surface area contributed by atoms with Gasteiger partial charge in [0, 0.05) is 31.6 Å². The van der Waals surface area contributed by atoms with Crippen LogP contribution in [0.1, 0.15) is 51.0 Å². The lowest BCUT2D eigenvalue weighted by molar-refractivity contribution is -0.157. The lowest BCUT2D eigenvalue weighted by Crippen LogP contribution is -2.36. The van der Waals surface area contributed by atoms with Crippen molar-refractivity contribution in [2.24, 2.45) is 5.92 Å². The molecule has 0 unspecified atom stereocenters. The number of benzene rings is 1. The number of anilines is 1. The number of likely N-dealkylation sites (tertiary alicyclic amines) is 1. The molecular formula is C21H26N2O5. The molecular weight excluding hydrogens is 360 g/mol. The van der Waals surface area contributed by atoms with Crippen LogP contribution in [0, 0.1) is 5.92 Å². The number of para-hydroxylation sites is 1. The average Bonchev–Trinajstić information content (AvgIpc) is 3.30. The highest BCUT2D eigenvalue weighted by Gasteiger charge is 2.38. The van der Waals surface area contributed by atoms with Crippen LogP contribution < -0.4 is 4.90 Å². The van der Waals surface area contributed by atoms with Crippen molar-refractivity contribution in [3.8, 4) is 0 Å². The van der Waals surface area contributed by atoms with Gasteiger partial charge in [0.1, 0.15) is 0 Å². The van der Waals surface area contributed by atoms with Gasteiger partial charge in [0.2, 0.25) is 11.8 Å². The average molecular weight is 386 g/mol. The van der Waals surface area contributed by atoms with E-state index in [2.05, 4.69) is 13.8 Å². The van der Waals surface area contributed by atoms with Gasteiger partial charge >= 0.3 is 5.97 Å². The number of amides is 3. The van der Waals surface area contributed by atoms with Gasteiger partial charge in [-0.15, -0.1) is 0 Å². The zero-order chi connectivity index (χ0) is 20.3. The maximum absolute atomic E-state index is 12.5. The molecule has 28 heavy (non-hydrogen) atoms. The molecule has 7 heteroatoms. The summed E-state index contributed by atoms with van der Waals surface area (Å²) in [5.74, 6) is -1.75. The van der Waals surface area contributed by atoms with E-state index in [-0.39, 0.29) is 24.8 Å². The Morgan fingerprint density at radius 3 is 2.64 bits per heavy atom. The SMILES string of the molecule is CC[C@H](C)c1ccccc1N1C[C@H](C(=O)OCC(=O)N2CCCC2=O)CC1=O. The molecule has 0 spiro atoms. The van der Waals surface area contributed by atoms with Crippen LogP contribution in [0.4, 0.5) is 5.69 Å². The molecule has 0 aromatic heterocycles. The molecule has 7 nitrogen and oxygen atoms in total. The second kappa shape index (κ2) is 8.54. The third kappa shape index (κ3) is 4.08. The Morgan fingerprint density at radius 2 is 1.96 bits per heavy atom. The summed E-state index contributed by atoms with van der Waals surface area (Å²) >= 11 is 0. The van der Waals surface area contributed by atoms with E-state index in [0.717, 1.165) is 22.6 Å². The maximum Gasteiger partial charge on any atom is 0.311 e. The number of carbonyl (C=O) groups excluding carboxylic acids is 4. The first-order chi connectivity index (χ1) is 13.4. The zero-order valence-electron chi connectivity index (χ0n) is 16.3. The Morgan fingerprint density at radius 1 is 1.21 bits per heavy atom. The molecule has 0 radical (unpaired) electrons. The molecule has 2 atom stereocenters. The fourth-order valence-corrected chi connectivity index (χ4v) is 3.71. The van der Waals surface area contributed by atoms with E-state index in [1.54, 1.807) is 4.90 Å². The molecule has 3 amide bonds. The van der Waals surface area contributed by atoms with E-state index in [1.165, 1.54) is 0 Å². The third-order valence-corrected chi connectivity index (χ3v) is 5.54. The molecule has 2 aliphatic rings. The fraction of sp³-hybridized carbons (Fsp3) is 0.524. The number of ether oxygens (including phenoxy) is 1. The lowest BCUT2D eigenvalue weighted by atomic mass is 9.96. The highest BCUT2D eigenvalue weighted by Crippen LogP contribution is 2.33. The van der Waals surface area contributed by atoms with Gasteiger partial charge in [-0.2, -0.15) is 0 Å². The van der Waals surface area contributed by atoms with Gasteiger partial charge in [-0.05, 0) is 30.4 Å². The molecule has 2 fully saturated rings. The number of carbonyl (C=O) groups is 4. The molecule has 1 aromatic rings. The Balaban J connectivity index is 1.62. The monoisotopic (exact) mass is 386 g/mol. The summed E-state index contributed by atoms with van der Waals surface area (Å²) in [6.45, 7) is 4.35. The first-order valence-electron chi connectivity index (χ1n) is 9.81. The van der Waals surface area contributed by atoms with Crippen LogP contribution in [0.15, 0.2) is 24.3 Å². The maximum atomic E-state index is 12.5. The van der Waals surface area contributed by atoms with Crippen molar-refractivity contribution in [2.45, 2.75) is 45.4 Å². The molecule has 0 aliphatic carbocycles. The van der Waals surface area contributed by atoms with Crippen molar-refractivity contribution < 1.29 is 23.9 Å². The van der Waals surface area contributed by atoms with E-state index < -0.39 is 24.4 Å². The minimum absolute atomic E-state index is 0.0600. The minimum atomic E-state index is -0.612. The molecule has 2 heterocycles. The van der Waals surface area contributed by atoms with Crippen molar-refractivity contribution in [1.29, 1.82) is 0 Å². The predicted molar refractivity (Wildman–Crippen MR) is 103 cm³/mol. The Hall–Kier alpha value is -2.70. The second-order valence-corrected chi connectivity index (χ2v) is 7.42. The Bertz CT molecular complexity index is 791. The van der Waals surface area contributed by atoms with Gasteiger partial charge in [-0.25, -0.2) is 0 Å². The molecule has 0 saturated carbocycles. The smallest absolute Gasteiger partial charge is 0.311 e. The van der Waals surface area contributed by atoms with Crippen LogP contribution in [0.2, 0.25) is 0 Å². The summed E-state index contributed by atoms with van der Waals surface area (Å²) in [6, 6.07) is 7.73. The highest BCUT2D eigenvalue weighted by atomic mass is 16.5. The van der Waals surface area contributed by atoms with Crippen molar-refractivity contribution in [2.75, 3.05) is 24.6 Å². The summed E-state index contributed by atoms with van der Waals surface area (Å²) in [4.78, 5) is 51.3. The van der Waals surface area contributed by atoms with Crippen LogP contribution in [-0.2, 0) is 23.9 Å². The topological polar surface area (TPSA) is 84.0 Å². The largest absolute Gasteiger partial charge is 0.455 e. The lowest BCUT2D eigenvalue weighted by Gasteiger charge is -2.23. The standard InChI is InChI=1S/C21H26N2O5/c1-3-14(2)16-7-4-5-8-17(16)23-12-15(11-19(23)25)21(27)28-13-20(26)22-10-6-9-18(22)24/h4-5,7-8,14-15H,3,6,9-13H2,1-2H3/t14-,15+/m0/s1. The van der Waals surface area contributed by atoms with E-state index in [1.807, 2.05) is 24.3 Å². The summed E-state index contributed by atoms with van der Waals surface area (Å²) < 4.78 is 5.12. The summed E-state index contributed by atoms with van der Waals surface area (Å²) in [5, 5.41) is 0. The van der Waals surface area contributed by atoms with Crippen LogP contribution in [0.25, 0.3) is 0 Å². The molecule has 2 aliphatic heterocycles. The minimum Gasteiger partial charge on any atom is -0.455 e. The number of hydrogen-bond donors (Lipinski definition) is 0. The molecule has 3 rings (SSSR count). The van der Waals surface area contributed by atoms with Crippen molar-refractivity contribution in [1.82, 2.24) is 4.90 Å². The van der Waals surface area contributed by atoms with Crippen LogP contribution in [0.3, 0.4) is 0 Å². The first-order valence-corrected chi connectivity index (χ1v) is 9.81. The van der Waals surface area contributed by atoms with Gasteiger partial charge in [-0.1, -0.05) is 32.0 Å². The van der Waals surface area contributed by atoms with Crippen LogP contribution >= 0.6 is 0 Å². The second-order valence-electron chi connectivity index (χ2n) is 7.42. The predicted octanol–water partition coefficient (Wildman–Crippen LogP) is 2.25. The zero-order valence-corrected chi connectivity index (χ0v) is 16.3. The van der Waals surface area contributed by atoms with E-state index in [9.17, 15) is 19.2 Å². The van der Waals surface area contributed by atoms with E-state index >= 15 is 0 Å². The van der Waals surface area contributed by atoms with Gasteiger partial charge in [0.15, 0.2) is 6.61 Å². The summed E-state index contributed by atoms with van der Waals surface area (Å²) in [7, 11) is 0. The number of rotatable bonds is 6. The van der Waals surface area contributed by atoms with Gasteiger partial charge in [-0.3, -0.25) is 24.1 Å². The van der Waals surface area contributed by atoms with Crippen LogP contribution in [0.5, 0.6) is 0 Å². The van der Waals surface area contributed by atoms with Gasteiger partial charge < -0.3 is 9.64 Å². The Labute approximate surface area is 164 Å². The van der Waals surface area contributed by atoms with E-state index in [4.69, 9.17) is 4.74 Å². The van der Waals surface area contributed by atoms with E-state index in [0.29, 0.717) is 25.3 Å². The molecule has 0 N–H and O–H groups in total. The first kappa shape index (κ1) is 20.0. The quantitative estimate of drug-likeness (QED) is 0.700. The Kier molecular flexibility index (Phi) is 6.11. The summed E-state index contributed by atoms with van der Waals surface area (Å²) in [6.07, 6.45) is 1.99. The molecule has 150 valence electrons. The molecule has 1 aromatic carbocycles. The van der Waals surface area contributed by atoms with Crippen molar-refractivity contribution in [3.63, 3.8) is 0 Å². The summed E-state index contributed by atoms with van der Waals surface area (Å²) in [5.41, 5.74) is 1.91. The third-order valence-electron chi connectivity index (χ3n) is 5.54. The normalized spacial score (nSPS) is 20.6. The molecule has 2 saturated heterocycles. The molecule has 0 bridgehead atoms. The number of hydrogen-bond acceptors (Lipinski definition) is 5. The van der Waals surface area contributed by atoms with Crippen molar-refractivity contribution >= 4 is 29.4 Å². The number of imide groups is 1.